The molecule has 0 aliphatic carbocycles. The van der Waals surface area contributed by atoms with Crippen molar-refractivity contribution in [2.75, 3.05) is 20.1 Å². The third-order valence-corrected chi connectivity index (χ3v) is 6.98. The predicted octanol–water partition coefficient (Wildman–Crippen LogP) is 3.30. The summed E-state index contributed by atoms with van der Waals surface area (Å²) in [6.45, 7) is 3.28. The molecule has 1 aliphatic heterocycles. The van der Waals surface area contributed by atoms with Gasteiger partial charge in [-0.1, -0.05) is 29.6 Å². The first-order valence-electron chi connectivity index (χ1n) is 8.98. The maximum Gasteiger partial charge on any atom is 0.267 e. The average Bonchev–Trinajstić information content (AvgIpc) is 3.43. The van der Waals surface area contributed by atoms with Crippen molar-refractivity contribution in [1.29, 1.82) is 0 Å². The molecule has 3 heterocycles. The Morgan fingerprint density at radius 1 is 1.30 bits per heavy atom. The second-order valence-electron chi connectivity index (χ2n) is 6.56. The smallest absolute Gasteiger partial charge is 0.267 e. The van der Waals surface area contributed by atoms with E-state index in [-0.39, 0.29) is 17.7 Å². The van der Waals surface area contributed by atoms with E-state index in [1.807, 2.05) is 30.0 Å². The molecule has 2 amide bonds. The van der Waals surface area contributed by atoms with Crippen molar-refractivity contribution in [2.24, 2.45) is 0 Å². The first-order chi connectivity index (χ1) is 13.1. The summed E-state index contributed by atoms with van der Waals surface area (Å²) in [6.07, 6.45) is 1.55. The normalized spacial score (nSPS) is 16.8. The third kappa shape index (κ3) is 3.12. The highest BCUT2D eigenvalue weighted by atomic mass is 32.1. The molecule has 8 heteroatoms. The molecule has 1 aromatic carbocycles. The van der Waals surface area contributed by atoms with Crippen molar-refractivity contribution in [3.63, 3.8) is 0 Å². The van der Waals surface area contributed by atoms with Crippen molar-refractivity contribution < 1.29 is 9.59 Å². The highest BCUT2D eigenvalue weighted by Crippen LogP contribution is 2.40. The number of nitrogens with zero attached hydrogens (tertiary/aromatic N) is 3. The number of hydrogen-bond acceptors (Lipinski definition) is 6. The lowest BCUT2D eigenvalue weighted by atomic mass is 9.95. The summed E-state index contributed by atoms with van der Waals surface area (Å²) >= 11 is 2.69. The summed E-state index contributed by atoms with van der Waals surface area (Å²) in [6, 6.07) is 8.11. The van der Waals surface area contributed by atoms with Crippen LogP contribution in [0, 0.1) is 0 Å². The van der Waals surface area contributed by atoms with Crippen molar-refractivity contribution in [2.45, 2.75) is 25.7 Å². The van der Waals surface area contributed by atoms with Gasteiger partial charge in [-0.2, -0.15) is 0 Å². The van der Waals surface area contributed by atoms with Crippen LogP contribution in [0.15, 0.2) is 24.3 Å². The molecule has 1 fully saturated rings. The zero-order valence-corrected chi connectivity index (χ0v) is 16.8. The van der Waals surface area contributed by atoms with Gasteiger partial charge in [0, 0.05) is 30.8 Å². The highest BCUT2D eigenvalue weighted by molar-refractivity contribution is 7.21. The number of fused-ring (bicyclic) bond motifs is 1. The molecule has 0 unspecified atom stereocenters. The zero-order chi connectivity index (χ0) is 19.0. The Balaban J connectivity index is 1.66. The van der Waals surface area contributed by atoms with Crippen LogP contribution in [0.1, 0.15) is 49.9 Å². The molecule has 4 rings (SSSR count). The number of carbonyl (C=O) groups is 2. The standard InChI is InChI=1S/C19H20N4O2S2/c1-3-13-16(27-22-21-13)19(25)23-9-8-11(10-23)15-12-6-4-5-7-14(12)26-17(15)18(24)20-2/h4-7,11H,3,8-10H2,1-2H3,(H,20,24)/t11-/m0/s1. The van der Waals surface area contributed by atoms with Gasteiger partial charge in [0.25, 0.3) is 11.8 Å². The summed E-state index contributed by atoms with van der Waals surface area (Å²) < 4.78 is 5.04. The van der Waals surface area contributed by atoms with Crippen molar-refractivity contribution in [3.05, 3.63) is 45.3 Å². The average molecular weight is 401 g/mol. The SMILES string of the molecule is CCc1nnsc1C(=O)N1CC[C@H](c2c(C(=O)NC)sc3ccccc23)C1. The fraction of sp³-hybridized carbons (Fsp3) is 0.368. The lowest BCUT2D eigenvalue weighted by Crippen LogP contribution is -2.28. The number of amides is 2. The van der Waals surface area contributed by atoms with E-state index in [1.54, 1.807) is 7.05 Å². The van der Waals surface area contributed by atoms with Gasteiger partial charge >= 0.3 is 0 Å². The zero-order valence-electron chi connectivity index (χ0n) is 15.2. The van der Waals surface area contributed by atoms with Crippen molar-refractivity contribution >= 4 is 44.8 Å². The van der Waals surface area contributed by atoms with Crippen LogP contribution in [-0.2, 0) is 6.42 Å². The number of rotatable bonds is 4. The molecule has 0 bridgehead atoms. The fourth-order valence-corrected chi connectivity index (χ4v) is 5.63. The minimum absolute atomic E-state index is 0.00498. The number of benzene rings is 1. The van der Waals surface area contributed by atoms with Crippen LogP contribution in [-0.4, -0.2) is 46.4 Å². The van der Waals surface area contributed by atoms with Crippen LogP contribution in [0.25, 0.3) is 10.1 Å². The van der Waals surface area contributed by atoms with Gasteiger partial charge in [-0.25, -0.2) is 0 Å². The lowest BCUT2D eigenvalue weighted by molar-refractivity contribution is 0.0794. The van der Waals surface area contributed by atoms with Crippen LogP contribution < -0.4 is 5.32 Å². The molecule has 3 aromatic rings. The molecule has 0 radical (unpaired) electrons. The van der Waals surface area contributed by atoms with Gasteiger partial charge in [0.15, 0.2) is 0 Å². The molecule has 2 aromatic heterocycles. The molecular weight excluding hydrogens is 380 g/mol. The second-order valence-corrected chi connectivity index (χ2v) is 8.37. The van der Waals surface area contributed by atoms with Crippen LogP contribution in [0.5, 0.6) is 0 Å². The predicted molar refractivity (Wildman–Crippen MR) is 108 cm³/mol. The number of nitrogens with one attached hydrogen (secondary N) is 1. The molecule has 6 nitrogen and oxygen atoms in total. The minimum Gasteiger partial charge on any atom is -0.354 e. The number of hydrogen-bond donors (Lipinski definition) is 1. The van der Waals surface area contributed by atoms with Gasteiger partial charge in [0.05, 0.1) is 10.6 Å². The molecule has 140 valence electrons. The van der Waals surface area contributed by atoms with E-state index in [2.05, 4.69) is 21.0 Å². The van der Waals surface area contributed by atoms with E-state index < -0.39 is 0 Å². The van der Waals surface area contributed by atoms with Crippen LogP contribution in [0.4, 0.5) is 0 Å². The molecule has 0 spiro atoms. The molecular formula is C19H20N4O2S2. The largest absolute Gasteiger partial charge is 0.354 e. The molecule has 1 atom stereocenters. The van der Waals surface area contributed by atoms with E-state index in [1.165, 1.54) is 22.9 Å². The molecule has 1 saturated heterocycles. The Morgan fingerprint density at radius 3 is 2.89 bits per heavy atom. The monoisotopic (exact) mass is 400 g/mol. The molecule has 0 saturated carbocycles. The van der Waals surface area contributed by atoms with E-state index in [0.717, 1.165) is 32.6 Å². The van der Waals surface area contributed by atoms with E-state index in [4.69, 9.17) is 0 Å². The Bertz CT molecular complexity index is 1010. The Labute approximate surface area is 165 Å². The molecule has 27 heavy (non-hydrogen) atoms. The van der Waals surface area contributed by atoms with Gasteiger partial charge in [-0.05, 0) is 41.4 Å². The lowest BCUT2D eigenvalue weighted by Gasteiger charge is -2.16. The van der Waals surface area contributed by atoms with Gasteiger partial charge in [0.2, 0.25) is 0 Å². The first-order valence-corrected chi connectivity index (χ1v) is 10.6. The van der Waals surface area contributed by atoms with E-state index >= 15 is 0 Å². The van der Waals surface area contributed by atoms with Crippen LogP contribution in [0.3, 0.4) is 0 Å². The summed E-state index contributed by atoms with van der Waals surface area (Å²) in [4.78, 5) is 28.6. The van der Waals surface area contributed by atoms with Gasteiger partial charge < -0.3 is 10.2 Å². The first kappa shape index (κ1) is 18.1. The van der Waals surface area contributed by atoms with Crippen molar-refractivity contribution in [1.82, 2.24) is 19.8 Å². The number of aromatic nitrogens is 2. The minimum atomic E-state index is -0.0593. The quantitative estimate of drug-likeness (QED) is 0.729. The van der Waals surface area contributed by atoms with Gasteiger partial charge in [-0.15, -0.1) is 16.4 Å². The Kier molecular flexibility index (Phi) is 4.92. The Hall–Kier alpha value is -2.32. The number of carbonyl (C=O) groups excluding carboxylic acids is 2. The number of thiophene rings is 1. The topological polar surface area (TPSA) is 75.2 Å². The van der Waals surface area contributed by atoms with E-state index in [0.29, 0.717) is 24.4 Å². The van der Waals surface area contributed by atoms with Crippen molar-refractivity contribution in [3.8, 4) is 0 Å². The summed E-state index contributed by atoms with van der Waals surface area (Å²) in [5, 5.41) is 7.93. The maximum absolute atomic E-state index is 12.9. The van der Waals surface area contributed by atoms with Gasteiger partial charge in [-0.3, -0.25) is 9.59 Å². The third-order valence-electron chi connectivity index (χ3n) is 5.04. The van der Waals surface area contributed by atoms with E-state index in [9.17, 15) is 9.59 Å². The summed E-state index contributed by atoms with van der Waals surface area (Å²) in [7, 11) is 1.66. The number of aryl methyl sites for hydroxylation is 1. The Morgan fingerprint density at radius 2 is 2.11 bits per heavy atom. The summed E-state index contributed by atoms with van der Waals surface area (Å²) in [5.74, 6) is 0.102. The fourth-order valence-electron chi connectivity index (χ4n) is 3.68. The summed E-state index contributed by atoms with van der Waals surface area (Å²) in [5.41, 5.74) is 1.84. The maximum atomic E-state index is 12.9. The second kappa shape index (κ2) is 7.36. The van der Waals surface area contributed by atoms with Crippen LogP contribution in [0.2, 0.25) is 0 Å². The van der Waals surface area contributed by atoms with Crippen LogP contribution >= 0.6 is 22.9 Å². The number of likely N-dealkylation sites (tertiary alicyclic amines) is 1. The highest BCUT2D eigenvalue weighted by Gasteiger charge is 2.34. The molecule has 1 N–H and O–H groups in total. The van der Waals surface area contributed by atoms with Gasteiger partial charge in [0.1, 0.15) is 4.88 Å². The molecule has 1 aliphatic rings.